The minimum absolute atomic E-state index is 0. The summed E-state index contributed by atoms with van der Waals surface area (Å²) < 4.78 is 0. The Hall–Kier alpha value is -0.580. The SMILES string of the molecule is C=C(C)C(=O)OOCC[NH+](C)C.[Cl-]. The molecule has 78 valence electrons. The lowest BCUT2D eigenvalue weighted by Crippen LogP contribution is -3.06. The van der Waals surface area contributed by atoms with E-state index in [0.717, 1.165) is 6.54 Å². The molecule has 5 heteroatoms. The van der Waals surface area contributed by atoms with Crippen LogP contribution in [0.1, 0.15) is 6.92 Å². The van der Waals surface area contributed by atoms with E-state index in [1.165, 1.54) is 4.90 Å². The Balaban J connectivity index is 0. The summed E-state index contributed by atoms with van der Waals surface area (Å²) in [6.45, 7) is 6.18. The fourth-order valence-electron chi connectivity index (χ4n) is 0.412. The molecular weight excluding hydrogens is 194 g/mol. The number of quaternary nitrogens is 1. The van der Waals surface area contributed by atoms with E-state index in [1.807, 2.05) is 14.1 Å². The van der Waals surface area contributed by atoms with Gasteiger partial charge >= 0.3 is 5.97 Å². The van der Waals surface area contributed by atoms with Gasteiger partial charge in [-0.15, -0.1) is 0 Å². The summed E-state index contributed by atoms with van der Waals surface area (Å²) in [6, 6.07) is 0. The van der Waals surface area contributed by atoms with Crippen LogP contribution in [0.5, 0.6) is 0 Å². The molecule has 0 radical (unpaired) electrons. The number of hydrogen-bond acceptors (Lipinski definition) is 3. The molecule has 0 aromatic carbocycles. The van der Waals surface area contributed by atoms with Gasteiger partial charge in [-0.05, 0) is 6.92 Å². The van der Waals surface area contributed by atoms with Crippen LogP contribution in [-0.4, -0.2) is 33.2 Å². The second kappa shape index (κ2) is 8.04. The van der Waals surface area contributed by atoms with Crippen LogP contribution in [0.2, 0.25) is 0 Å². The van der Waals surface area contributed by atoms with Gasteiger partial charge in [0.15, 0.2) is 0 Å². The van der Waals surface area contributed by atoms with Gasteiger partial charge in [0, 0.05) is 5.57 Å². The third-order valence-electron chi connectivity index (χ3n) is 1.17. The third-order valence-corrected chi connectivity index (χ3v) is 1.17. The molecule has 0 aromatic rings. The van der Waals surface area contributed by atoms with Crippen molar-refractivity contribution < 1.29 is 31.9 Å². The average Bonchev–Trinajstić information content (AvgIpc) is 1.97. The molecule has 0 aliphatic carbocycles. The van der Waals surface area contributed by atoms with Gasteiger partial charge in [-0.25, -0.2) is 4.79 Å². The van der Waals surface area contributed by atoms with Gasteiger partial charge in [-0.2, -0.15) is 4.89 Å². The largest absolute Gasteiger partial charge is 1.00 e. The van der Waals surface area contributed by atoms with Crippen molar-refractivity contribution in [1.82, 2.24) is 0 Å². The highest BCUT2D eigenvalue weighted by Gasteiger charge is 2.04. The summed E-state index contributed by atoms with van der Waals surface area (Å²) in [5, 5.41) is 0. The minimum atomic E-state index is -0.510. The van der Waals surface area contributed by atoms with Crippen LogP contribution in [-0.2, 0) is 14.6 Å². The smallest absolute Gasteiger partial charge is 0.368 e. The Morgan fingerprint density at radius 3 is 2.38 bits per heavy atom. The van der Waals surface area contributed by atoms with Gasteiger partial charge in [0.1, 0.15) is 13.2 Å². The van der Waals surface area contributed by atoms with Crippen LogP contribution >= 0.6 is 0 Å². The van der Waals surface area contributed by atoms with Gasteiger partial charge in [0.05, 0.1) is 14.1 Å². The van der Waals surface area contributed by atoms with Crippen molar-refractivity contribution in [3.8, 4) is 0 Å². The highest BCUT2D eigenvalue weighted by molar-refractivity contribution is 5.86. The Bertz CT molecular complexity index is 171. The number of likely N-dealkylation sites (N-methyl/N-ethyl adjacent to an activating group) is 1. The molecule has 0 aliphatic rings. The molecule has 13 heavy (non-hydrogen) atoms. The van der Waals surface area contributed by atoms with Crippen LogP contribution in [0.3, 0.4) is 0 Å². The van der Waals surface area contributed by atoms with E-state index in [0.29, 0.717) is 12.2 Å². The van der Waals surface area contributed by atoms with Gasteiger partial charge in [0.25, 0.3) is 0 Å². The summed E-state index contributed by atoms with van der Waals surface area (Å²) >= 11 is 0. The molecule has 0 fully saturated rings. The van der Waals surface area contributed by atoms with Crippen LogP contribution in [0.25, 0.3) is 0 Å². The first-order chi connectivity index (χ1) is 5.54. The molecule has 1 N–H and O–H groups in total. The number of carbonyl (C=O) groups is 1. The number of halogens is 1. The fourth-order valence-corrected chi connectivity index (χ4v) is 0.412. The standard InChI is InChI=1S/C8H15NO3.ClH/c1-7(2)8(10)12-11-6-5-9(3)4;/h1,5-6H2,2-4H3;1H. The van der Waals surface area contributed by atoms with Crippen molar-refractivity contribution in [2.45, 2.75) is 6.92 Å². The molecule has 0 aliphatic heterocycles. The second-order valence-corrected chi connectivity index (χ2v) is 2.93. The first-order valence-corrected chi connectivity index (χ1v) is 3.82. The topological polar surface area (TPSA) is 40.0 Å². The van der Waals surface area contributed by atoms with Crippen molar-refractivity contribution >= 4 is 5.97 Å². The molecule has 0 aromatic heterocycles. The monoisotopic (exact) mass is 209 g/mol. The van der Waals surface area contributed by atoms with Crippen LogP contribution in [0, 0.1) is 0 Å². The van der Waals surface area contributed by atoms with Crippen molar-refractivity contribution in [3.63, 3.8) is 0 Å². The van der Waals surface area contributed by atoms with Crippen LogP contribution in [0.4, 0.5) is 0 Å². The molecule has 0 amide bonds. The number of hydrogen-bond donors (Lipinski definition) is 1. The quantitative estimate of drug-likeness (QED) is 0.219. The maximum absolute atomic E-state index is 10.7. The average molecular weight is 210 g/mol. The zero-order valence-corrected chi connectivity index (χ0v) is 8.98. The molecule has 0 saturated heterocycles. The number of nitrogens with one attached hydrogen (secondary N) is 1. The third kappa shape index (κ3) is 9.33. The van der Waals surface area contributed by atoms with Crippen LogP contribution in [0.15, 0.2) is 12.2 Å². The first kappa shape index (κ1) is 14.9. The molecule has 0 bridgehead atoms. The maximum atomic E-state index is 10.7. The molecular formula is C8H16ClNO3. The van der Waals surface area contributed by atoms with Gasteiger partial charge in [-0.3, -0.25) is 4.89 Å². The lowest BCUT2D eigenvalue weighted by atomic mass is 10.4. The number of rotatable bonds is 5. The maximum Gasteiger partial charge on any atom is 0.368 e. The lowest BCUT2D eigenvalue weighted by molar-refractivity contribution is -0.859. The van der Waals surface area contributed by atoms with E-state index in [1.54, 1.807) is 6.92 Å². The molecule has 0 saturated carbocycles. The normalized spacial score (nSPS) is 9.23. The number of carbonyl (C=O) groups excluding carboxylic acids is 1. The highest BCUT2D eigenvalue weighted by atomic mass is 35.5. The Morgan fingerprint density at radius 2 is 2.00 bits per heavy atom. The van der Waals surface area contributed by atoms with Crippen molar-refractivity contribution in [3.05, 3.63) is 12.2 Å². The zero-order valence-electron chi connectivity index (χ0n) is 8.22. The summed E-state index contributed by atoms with van der Waals surface area (Å²) in [7, 11) is 3.98. The second-order valence-electron chi connectivity index (χ2n) is 2.93. The molecule has 0 heterocycles. The minimum Gasteiger partial charge on any atom is -1.00 e. The summed E-state index contributed by atoms with van der Waals surface area (Å²) in [5.74, 6) is -0.510. The molecule has 0 atom stereocenters. The predicted molar refractivity (Wildman–Crippen MR) is 44.5 cm³/mol. The zero-order chi connectivity index (χ0) is 9.56. The predicted octanol–water partition coefficient (Wildman–Crippen LogP) is -3.81. The Morgan fingerprint density at radius 1 is 1.46 bits per heavy atom. The summed E-state index contributed by atoms with van der Waals surface area (Å²) in [5.41, 5.74) is 0.340. The van der Waals surface area contributed by atoms with Gasteiger partial charge in [-0.1, -0.05) is 6.58 Å². The summed E-state index contributed by atoms with van der Waals surface area (Å²) in [6.07, 6.45) is 0. The fraction of sp³-hybridized carbons (Fsp3) is 0.625. The Kier molecular flexibility index (Phi) is 9.22. The molecule has 4 nitrogen and oxygen atoms in total. The Labute approximate surface area is 84.8 Å². The van der Waals surface area contributed by atoms with E-state index < -0.39 is 5.97 Å². The van der Waals surface area contributed by atoms with Crippen molar-refractivity contribution in [1.29, 1.82) is 0 Å². The van der Waals surface area contributed by atoms with Crippen molar-refractivity contribution in [2.75, 3.05) is 27.2 Å². The van der Waals surface area contributed by atoms with E-state index in [9.17, 15) is 4.79 Å². The van der Waals surface area contributed by atoms with Gasteiger partial charge in [0.2, 0.25) is 0 Å². The molecule has 0 spiro atoms. The molecule has 0 unspecified atom stereocenters. The van der Waals surface area contributed by atoms with E-state index in [4.69, 9.17) is 0 Å². The van der Waals surface area contributed by atoms with Crippen molar-refractivity contribution in [2.24, 2.45) is 0 Å². The van der Waals surface area contributed by atoms with E-state index >= 15 is 0 Å². The highest BCUT2D eigenvalue weighted by Crippen LogP contribution is 1.91. The summed E-state index contributed by atoms with van der Waals surface area (Å²) in [4.78, 5) is 21.0. The lowest BCUT2D eigenvalue weighted by Gasteiger charge is -2.06. The van der Waals surface area contributed by atoms with Gasteiger partial charge < -0.3 is 17.3 Å². The van der Waals surface area contributed by atoms with E-state index in [-0.39, 0.29) is 12.4 Å². The molecule has 0 rings (SSSR count). The van der Waals surface area contributed by atoms with E-state index in [2.05, 4.69) is 16.4 Å². The van der Waals surface area contributed by atoms with Crippen LogP contribution < -0.4 is 17.3 Å². The first-order valence-electron chi connectivity index (χ1n) is 3.82.